The Labute approximate surface area is 31.4 Å². The zero-order valence-electron chi connectivity index (χ0n) is 2.91. The van der Waals surface area contributed by atoms with Crippen molar-refractivity contribution in [3.05, 3.63) is 0 Å². The SMILES string of the molecule is CN[PH]([NH])=O. The van der Waals surface area contributed by atoms with E-state index >= 15 is 0 Å². The molecule has 0 saturated carbocycles. The van der Waals surface area contributed by atoms with Crippen molar-refractivity contribution in [3.63, 3.8) is 0 Å². The molecular formula is CH6N2OP. The minimum absolute atomic E-state index is 1.49. The molecular weight excluding hydrogens is 87.0 g/mol. The molecule has 0 spiro atoms. The molecule has 0 amide bonds. The zero-order chi connectivity index (χ0) is 4.28. The van der Waals surface area contributed by atoms with Crippen molar-refractivity contribution in [1.82, 2.24) is 10.6 Å². The van der Waals surface area contributed by atoms with Crippen molar-refractivity contribution < 1.29 is 4.57 Å². The Morgan fingerprint density at radius 2 is 2.20 bits per heavy atom. The van der Waals surface area contributed by atoms with Gasteiger partial charge in [0.1, 0.15) is 0 Å². The van der Waals surface area contributed by atoms with Gasteiger partial charge in [0.15, 0.2) is 0 Å². The molecule has 0 aliphatic heterocycles. The van der Waals surface area contributed by atoms with Crippen molar-refractivity contribution in [3.8, 4) is 0 Å². The standard InChI is InChI=1S/CH6N2OP/c1-3-5(2)4/h2,5H,1H3,(H,3,4). The Hall–Kier alpha value is 0.150. The monoisotopic (exact) mass is 93.0 g/mol. The summed E-state index contributed by atoms with van der Waals surface area (Å²) in [5.41, 5.74) is 6.26. The van der Waals surface area contributed by atoms with Crippen LogP contribution in [0.15, 0.2) is 0 Å². The third-order valence-corrected chi connectivity index (χ3v) is 0.681. The van der Waals surface area contributed by atoms with E-state index in [0.29, 0.717) is 0 Å². The second-order valence-electron chi connectivity index (χ2n) is 0.579. The van der Waals surface area contributed by atoms with E-state index in [2.05, 4.69) is 5.09 Å². The van der Waals surface area contributed by atoms with Crippen molar-refractivity contribution in [2.24, 2.45) is 0 Å². The lowest BCUT2D eigenvalue weighted by molar-refractivity contribution is 0.583. The number of rotatable bonds is 1. The van der Waals surface area contributed by atoms with Crippen molar-refractivity contribution >= 4 is 8.10 Å². The van der Waals surface area contributed by atoms with Crippen LogP contribution in [0.4, 0.5) is 0 Å². The van der Waals surface area contributed by atoms with Gasteiger partial charge < -0.3 is 0 Å². The van der Waals surface area contributed by atoms with Gasteiger partial charge >= 0.3 is 0 Å². The summed E-state index contributed by atoms with van der Waals surface area (Å²) < 4.78 is 9.55. The Bertz CT molecular complexity index is 44.9. The van der Waals surface area contributed by atoms with Crippen LogP contribution < -0.4 is 10.6 Å². The van der Waals surface area contributed by atoms with Gasteiger partial charge in [0.2, 0.25) is 8.10 Å². The van der Waals surface area contributed by atoms with Gasteiger partial charge in [-0.3, -0.25) is 9.65 Å². The van der Waals surface area contributed by atoms with E-state index in [0.717, 1.165) is 0 Å². The van der Waals surface area contributed by atoms with Gasteiger partial charge in [-0.15, -0.1) is 0 Å². The summed E-state index contributed by atoms with van der Waals surface area (Å²) in [6.45, 7) is 0. The maximum atomic E-state index is 9.55. The van der Waals surface area contributed by atoms with Crippen LogP contribution in [0.3, 0.4) is 0 Å². The molecule has 0 aromatic carbocycles. The largest absolute Gasteiger partial charge is 0.291 e. The summed E-state index contributed by atoms with van der Waals surface area (Å²) in [7, 11) is -0.630. The predicted octanol–water partition coefficient (Wildman–Crippen LogP) is -0.122. The molecule has 0 bridgehead atoms. The molecule has 0 heterocycles. The Morgan fingerprint density at radius 3 is 2.20 bits per heavy atom. The van der Waals surface area contributed by atoms with E-state index < -0.39 is 8.10 Å². The molecule has 0 aliphatic carbocycles. The third kappa shape index (κ3) is 4.15. The highest BCUT2D eigenvalue weighted by Gasteiger charge is 1.71. The molecule has 4 heteroatoms. The lowest BCUT2D eigenvalue weighted by Gasteiger charge is -1.78. The van der Waals surface area contributed by atoms with E-state index in [1.165, 1.54) is 7.05 Å². The van der Waals surface area contributed by atoms with E-state index in [-0.39, 0.29) is 0 Å². The molecule has 31 valence electrons. The molecule has 0 fully saturated rings. The molecule has 1 atom stereocenters. The molecule has 0 aromatic rings. The maximum Gasteiger partial charge on any atom is 0.212 e. The fraction of sp³-hybridized carbons (Fsp3) is 1.00. The fourth-order valence-corrected chi connectivity index (χ4v) is 0. The lowest BCUT2D eigenvalue weighted by Crippen LogP contribution is -1.88. The van der Waals surface area contributed by atoms with E-state index in [9.17, 15) is 4.57 Å². The summed E-state index contributed by atoms with van der Waals surface area (Å²) in [5, 5.41) is 2.24. The predicted molar refractivity (Wildman–Crippen MR) is 21.2 cm³/mol. The topological polar surface area (TPSA) is 52.9 Å². The Balaban J connectivity index is 2.85. The number of nitrogens with one attached hydrogen (secondary N) is 2. The maximum absolute atomic E-state index is 9.55. The van der Waals surface area contributed by atoms with Gasteiger partial charge in [-0.25, -0.2) is 0 Å². The average Bonchev–Trinajstić information content (AvgIpc) is 1.38. The minimum atomic E-state index is -2.12. The van der Waals surface area contributed by atoms with Gasteiger partial charge in [-0.05, 0) is 7.05 Å². The van der Waals surface area contributed by atoms with E-state index in [1.807, 2.05) is 0 Å². The second kappa shape index (κ2) is 2.39. The van der Waals surface area contributed by atoms with Crippen LogP contribution in [0.25, 0.3) is 0 Å². The first-order valence-corrected chi connectivity index (χ1v) is 2.61. The van der Waals surface area contributed by atoms with Gasteiger partial charge in [0.05, 0.1) is 0 Å². The van der Waals surface area contributed by atoms with Gasteiger partial charge in [-0.2, -0.15) is 5.50 Å². The molecule has 5 heavy (non-hydrogen) atoms. The van der Waals surface area contributed by atoms with E-state index in [1.54, 1.807) is 0 Å². The highest BCUT2D eigenvalue weighted by Crippen LogP contribution is 1.96. The van der Waals surface area contributed by atoms with Crippen LogP contribution in [0.5, 0.6) is 0 Å². The smallest absolute Gasteiger partial charge is 0.212 e. The molecule has 3 nitrogen and oxygen atoms in total. The van der Waals surface area contributed by atoms with Crippen molar-refractivity contribution in [2.45, 2.75) is 0 Å². The Morgan fingerprint density at radius 1 is 2.00 bits per heavy atom. The van der Waals surface area contributed by atoms with Crippen LogP contribution in [0.2, 0.25) is 0 Å². The fourth-order valence-electron chi connectivity index (χ4n) is 0. The zero-order valence-corrected chi connectivity index (χ0v) is 3.91. The summed E-state index contributed by atoms with van der Waals surface area (Å²) >= 11 is 0. The van der Waals surface area contributed by atoms with Crippen LogP contribution >= 0.6 is 8.10 Å². The molecule has 0 saturated heterocycles. The van der Waals surface area contributed by atoms with Gasteiger partial charge in [0, 0.05) is 0 Å². The van der Waals surface area contributed by atoms with Crippen LogP contribution in [-0.2, 0) is 4.57 Å². The van der Waals surface area contributed by atoms with Crippen molar-refractivity contribution in [1.29, 1.82) is 0 Å². The first-order valence-electron chi connectivity index (χ1n) is 1.20. The summed E-state index contributed by atoms with van der Waals surface area (Å²) in [5.74, 6) is 0. The van der Waals surface area contributed by atoms with E-state index in [4.69, 9.17) is 5.50 Å². The first kappa shape index (κ1) is 5.15. The summed E-state index contributed by atoms with van der Waals surface area (Å²) in [4.78, 5) is 0. The number of hydrogen-bond acceptors (Lipinski definition) is 1. The lowest BCUT2D eigenvalue weighted by atomic mass is 11.6. The molecule has 0 rings (SSSR count). The molecule has 1 radical (unpaired) electrons. The summed E-state index contributed by atoms with van der Waals surface area (Å²) in [6.07, 6.45) is 0. The summed E-state index contributed by atoms with van der Waals surface area (Å²) in [6, 6.07) is 0. The van der Waals surface area contributed by atoms with Crippen LogP contribution in [-0.4, -0.2) is 7.05 Å². The molecule has 2 N–H and O–H groups in total. The quantitative estimate of drug-likeness (QED) is 0.459. The molecule has 0 aromatic heterocycles. The molecule has 0 aliphatic rings. The van der Waals surface area contributed by atoms with Gasteiger partial charge in [0.25, 0.3) is 0 Å². The number of hydrogen-bond donors (Lipinski definition) is 1. The highest BCUT2D eigenvalue weighted by atomic mass is 31.1. The van der Waals surface area contributed by atoms with Crippen molar-refractivity contribution in [2.75, 3.05) is 7.05 Å². The third-order valence-electron chi connectivity index (χ3n) is 0.227. The first-order chi connectivity index (χ1) is 2.27. The van der Waals surface area contributed by atoms with Crippen LogP contribution in [0.1, 0.15) is 0 Å². The minimum Gasteiger partial charge on any atom is -0.291 e. The Kier molecular flexibility index (Phi) is 2.46. The highest BCUT2D eigenvalue weighted by molar-refractivity contribution is 7.39. The van der Waals surface area contributed by atoms with Gasteiger partial charge in [-0.1, -0.05) is 0 Å². The normalized spacial score (nSPS) is 14.8. The second-order valence-corrected chi connectivity index (χ2v) is 1.74. The van der Waals surface area contributed by atoms with Crippen LogP contribution in [0, 0.1) is 0 Å². The average molecular weight is 93.0 g/mol. The molecule has 1 unspecified atom stereocenters.